The van der Waals surface area contributed by atoms with Gasteiger partial charge in [0.15, 0.2) is 0 Å². The molecule has 86 valence electrons. The fourth-order valence-electron chi connectivity index (χ4n) is 0.853. The molecule has 0 heterocycles. The Hall–Kier alpha value is 0.867. The predicted molar refractivity (Wildman–Crippen MR) is 73.0 cm³/mol. The summed E-state index contributed by atoms with van der Waals surface area (Å²) >= 11 is 2.35. The molecule has 0 aliphatic heterocycles. The molecule has 0 saturated heterocycles. The van der Waals surface area contributed by atoms with E-state index < -0.39 is 8.07 Å². The average molecular weight is 330 g/mol. The van der Waals surface area contributed by atoms with E-state index in [9.17, 15) is 0 Å². The molecule has 4 heteroatoms. The Bertz CT molecular complexity index is 133. The minimum Gasteiger partial charge on any atom is -0.356 e. The summed E-state index contributed by atoms with van der Waals surface area (Å²) in [7, 11) is -0.933. The summed E-state index contributed by atoms with van der Waals surface area (Å²) in [5.74, 6) is 0. The topological polar surface area (TPSA) is 18.5 Å². The first-order valence-electron chi connectivity index (χ1n) is 5.25. The molecule has 0 spiro atoms. The summed E-state index contributed by atoms with van der Waals surface area (Å²) < 4.78 is 12.0. The van der Waals surface area contributed by atoms with Crippen LogP contribution in [0.15, 0.2) is 0 Å². The molecule has 0 aliphatic rings. The van der Waals surface area contributed by atoms with E-state index in [1.807, 2.05) is 0 Å². The first kappa shape index (κ1) is 14.9. The normalized spacial score (nSPS) is 14.4. The second kappa shape index (κ2) is 8.07. The largest absolute Gasteiger partial charge is 0.356 e. The summed E-state index contributed by atoms with van der Waals surface area (Å²) in [4.78, 5) is 0. The van der Waals surface area contributed by atoms with Crippen molar-refractivity contribution in [2.24, 2.45) is 0 Å². The van der Waals surface area contributed by atoms with Crippen molar-refractivity contribution in [1.82, 2.24) is 0 Å². The molecular weight excluding hydrogens is 307 g/mol. The quantitative estimate of drug-likeness (QED) is 0.223. The van der Waals surface area contributed by atoms with Crippen molar-refractivity contribution in [2.75, 3.05) is 17.8 Å². The lowest BCUT2D eigenvalue weighted by Gasteiger charge is -2.17. The van der Waals surface area contributed by atoms with Gasteiger partial charge in [0.1, 0.15) is 6.79 Å². The molecule has 0 rings (SSSR count). The summed E-state index contributed by atoms with van der Waals surface area (Å²) in [6.45, 7) is 10.5. The summed E-state index contributed by atoms with van der Waals surface area (Å²) in [6.07, 6.45) is 1.43. The third-order valence-electron chi connectivity index (χ3n) is 2.01. The van der Waals surface area contributed by atoms with Crippen LogP contribution in [-0.2, 0) is 9.47 Å². The molecule has 1 unspecified atom stereocenters. The lowest BCUT2D eigenvalue weighted by Crippen LogP contribution is -2.23. The van der Waals surface area contributed by atoms with E-state index in [1.54, 1.807) is 0 Å². The third-order valence-corrected chi connectivity index (χ3v) is 4.70. The molecule has 0 aromatic carbocycles. The van der Waals surface area contributed by atoms with Crippen molar-refractivity contribution in [3.05, 3.63) is 0 Å². The molecule has 1 atom stereocenters. The molecule has 0 aromatic rings. The molecule has 0 aromatic heterocycles. The number of hydrogen-bond donors (Lipinski definition) is 0. The van der Waals surface area contributed by atoms with Crippen LogP contribution in [0.25, 0.3) is 0 Å². The van der Waals surface area contributed by atoms with Crippen molar-refractivity contribution >= 4 is 30.7 Å². The van der Waals surface area contributed by atoms with E-state index in [0.29, 0.717) is 12.9 Å². The number of ether oxygens (including phenoxy) is 2. The smallest absolute Gasteiger partial charge is 0.147 e. The number of alkyl halides is 1. The van der Waals surface area contributed by atoms with Gasteiger partial charge in [0.25, 0.3) is 0 Å². The first-order chi connectivity index (χ1) is 6.49. The van der Waals surface area contributed by atoms with Gasteiger partial charge in [-0.25, -0.2) is 0 Å². The molecule has 0 aliphatic carbocycles. The first-order valence-corrected chi connectivity index (χ1v) is 10.5. The Morgan fingerprint density at radius 3 is 2.36 bits per heavy atom. The van der Waals surface area contributed by atoms with Gasteiger partial charge < -0.3 is 9.47 Å². The fourth-order valence-corrected chi connectivity index (χ4v) is 2.49. The highest BCUT2D eigenvalue weighted by Gasteiger charge is 2.12. The molecule has 14 heavy (non-hydrogen) atoms. The van der Waals surface area contributed by atoms with Crippen LogP contribution >= 0.6 is 22.6 Å². The average Bonchev–Trinajstić information content (AvgIpc) is 2.09. The van der Waals surface area contributed by atoms with Crippen LogP contribution < -0.4 is 0 Å². The van der Waals surface area contributed by atoms with Crippen molar-refractivity contribution < 1.29 is 9.47 Å². The molecule has 2 nitrogen and oxygen atoms in total. The number of halogens is 1. The van der Waals surface area contributed by atoms with Crippen LogP contribution in [0.5, 0.6) is 0 Å². The van der Waals surface area contributed by atoms with Gasteiger partial charge in [-0.15, -0.1) is 0 Å². The van der Waals surface area contributed by atoms with Crippen molar-refractivity contribution in [3.8, 4) is 0 Å². The van der Waals surface area contributed by atoms with Crippen LogP contribution in [0.4, 0.5) is 0 Å². The van der Waals surface area contributed by atoms with Crippen molar-refractivity contribution in [2.45, 2.75) is 45.1 Å². The zero-order valence-electron chi connectivity index (χ0n) is 9.81. The van der Waals surface area contributed by atoms with Gasteiger partial charge in [0.05, 0.1) is 6.10 Å². The third kappa shape index (κ3) is 9.42. The van der Waals surface area contributed by atoms with E-state index >= 15 is 0 Å². The van der Waals surface area contributed by atoms with Gasteiger partial charge in [-0.2, -0.15) is 0 Å². The van der Waals surface area contributed by atoms with E-state index in [2.05, 4.69) is 49.2 Å². The van der Waals surface area contributed by atoms with Crippen molar-refractivity contribution in [1.29, 1.82) is 0 Å². The number of rotatable bonds is 8. The van der Waals surface area contributed by atoms with Gasteiger partial charge in [-0.3, -0.25) is 0 Å². The Balaban J connectivity index is 3.29. The van der Waals surface area contributed by atoms with Crippen LogP contribution in [0.1, 0.15) is 13.3 Å². The highest BCUT2D eigenvalue weighted by atomic mass is 127. The Labute approximate surface area is 103 Å². The van der Waals surface area contributed by atoms with Crippen LogP contribution in [0.2, 0.25) is 25.7 Å². The monoisotopic (exact) mass is 330 g/mol. The van der Waals surface area contributed by atoms with Gasteiger partial charge in [0.2, 0.25) is 0 Å². The van der Waals surface area contributed by atoms with Gasteiger partial charge in [0, 0.05) is 19.1 Å². The fraction of sp³-hybridized carbons (Fsp3) is 1.00. The Kier molecular flexibility index (Phi) is 8.57. The predicted octanol–water partition coefficient (Wildman–Crippen LogP) is 3.53. The van der Waals surface area contributed by atoms with Gasteiger partial charge in [-0.1, -0.05) is 49.2 Å². The van der Waals surface area contributed by atoms with Gasteiger partial charge in [-0.05, 0) is 12.5 Å². The zero-order valence-corrected chi connectivity index (χ0v) is 13.0. The summed E-state index contributed by atoms with van der Waals surface area (Å²) in [6, 6.07) is 1.22. The molecule has 0 fully saturated rings. The van der Waals surface area contributed by atoms with E-state index in [-0.39, 0.29) is 0 Å². The maximum atomic E-state index is 5.54. The maximum absolute atomic E-state index is 5.54. The highest BCUT2D eigenvalue weighted by molar-refractivity contribution is 14.1. The van der Waals surface area contributed by atoms with E-state index in [0.717, 1.165) is 17.5 Å². The lowest BCUT2D eigenvalue weighted by molar-refractivity contribution is -0.0787. The second-order valence-corrected chi connectivity index (χ2v) is 11.2. The lowest BCUT2D eigenvalue weighted by atomic mass is 10.3. The van der Waals surface area contributed by atoms with Crippen LogP contribution in [0, 0.1) is 0 Å². The Morgan fingerprint density at radius 1 is 1.29 bits per heavy atom. The minimum atomic E-state index is -0.933. The zero-order chi connectivity index (χ0) is 11.0. The van der Waals surface area contributed by atoms with E-state index in [1.165, 1.54) is 6.04 Å². The molecular formula is C10H23IO2Si. The van der Waals surface area contributed by atoms with E-state index in [4.69, 9.17) is 9.47 Å². The number of hydrogen-bond acceptors (Lipinski definition) is 2. The highest BCUT2D eigenvalue weighted by Crippen LogP contribution is 2.08. The second-order valence-electron chi connectivity index (χ2n) is 4.69. The molecule has 0 radical (unpaired) electrons. The van der Waals surface area contributed by atoms with Gasteiger partial charge >= 0.3 is 0 Å². The Morgan fingerprint density at radius 2 is 1.93 bits per heavy atom. The molecule has 0 amide bonds. The minimum absolute atomic E-state index is 0.363. The van der Waals surface area contributed by atoms with Crippen molar-refractivity contribution in [3.63, 3.8) is 0 Å². The maximum Gasteiger partial charge on any atom is 0.147 e. The van der Waals surface area contributed by atoms with Crippen LogP contribution in [-0.4, -0.2) is 32.0 Å². The molecule has 0 N–H and O–H groups in total. The SMILES string of the molecule is CCC(CI)OCOCC[Si](C)(C)C. The molecule has 0 bridgehead atoms. The molecule has 0 saturated carbocycles. The van der Waals surface area contributed by atoms with Crippen LogP contribution in [0.3, 0.4) is 0 Å². The summed E-state index contributed by atoms with van der Waals surface area (Å²) in [5.41, 5.74) is 0. The summed E-state index contributed by atoms with van der Waals surface area (Å²) in [5, 5.41) is 0. The standard InChI is InChI=1S/C10H23IO2Si/c1-5-10(8-11)13-9-12-6-7-14(2,3)4/h10H,5-9H2,1-4H3.